The van der Waals surface area contributed by atoms with Crippen LogP contribution in [0.2, 0.25) is 5.02 Å². The number of benzene rings is 1. The third-order valence-corrected chi connectivity index (χ3v) is 4.39. The molecule has 0 fully saturated rings. The third kappa shape index (κ3) is 4.02. The molecule has 1 aromatic heterocycles. The van der Waals surface area contributed by atoms with Crippen molar-refractivity contribution in [1.29, 1.82) is 0 Å². The smallest absolute Gasteiger partial charge is 0.261 e. The van der Waals surface area contributed by atoms with E-state index < -0.39 is 6.10 Å². The highest BCUT2D eigenvalue weighted by molar-refractivity contribution is 6.31. The molecule has 1 aliphatic heterocycles. The zero-order valence-corrected chi connectivity index (χ0v) is 15.7. The maximum Gasteiger partial charge on any atom is 0.261 e. The van der Waals surface area contributed by atoms with Crippen LogP contribution in [0.5, 0.6) is 17.4 Å². The van der Waals surface area contributed by atoms with Gasteiger partial charge in [-0.15, -0.1) is 0 Å². The first kappa shape index (κ1) is 18.3. The fourth-order valence-corrected chi connectivity index (χ4v) is 2.90. The van der Waals surface area contributed by atoms with E-state index in [0.717, 1.165) is 11.1 Å². The van der Waals surface area contributed by atoms with Crippen molar-refractivity contribution in [3.63, 3.8) is 0 Å². The van der Waals surface area contributed by atoms with Crippen molar-refractivity contribution in [2.75, 3.05) is 6.79 Å². The van der Waals surface area contributed by atoms with E-state index in [-0.39, 0.29) is 24.6 Å². The summed E-state index contributed by atoms with van der Waals surface area (Å²) in [5.41, 5.74) is 1.85. The van der Waals surface area contributed by atoms with E-state index in [1.165, 1.54) is 0 Å². The number of aryl methyl sites for hydroxylation is 1. The number of rotatable bonds is 6. The minimum atomic E-state index is -0.681. The van der Waals surface area contributed by atoms with E-state index in [9.17, 15) is 4.79 Å². The van der Waals surface area contributed by atoms with Gasteiger partial charge in [-0.3, -0.25) is 4.79 Å². The molecule has 0 radical (unpaired) electrons. The number of nitrogens with one attached hydrogen (secondary N) is 1. The Balaban J connectivity index is 1.66. The zero-order valence-electron chi connectivity index (χ0n) is 14.9. The number of aromatic nitrogens is 1. The molecule has 2 aromatic rings. The average Bonchev–Trinajstić information content (AvgIpc) is 3.08. The van der Waals surface area contributed by atoms with E-state index in [2.05, 4.69) is 10.3 Å². The van der Waals surface area contributed by atoms with Gasteiger partial charge in [-0.1, -0.05) is 24.6 Å². The molecule has 1 amide bonds. The van der Waals surface area contributed by atoms with Gasteiger partial charge in [0.1, 0.15) is 5.02 Å². The van der Waals surface area contributed by atoms with Crippen molar-refractivity contribution in [2.24, 2.45) is 0 Å². The van der Waals surface area contributed by atoms with Crippen LogP contribution in [0.1, 0.15) is 37.4 Å². The van der Waals surface area contributed by atoms with Crippen LogP contribution < -0.4 is 19.5 Å². The number of carbonyl (C=O) groups excluding carboxylic acids is 1. The fraction of sp³-hybridized carbons (Fsp3) is 0.368. The second kappa shape index (κ2) is 7.83. The van der Waals surface area contributed by atoms with E-state index in [1.807, 2.05) is 39.0 Å². The summed E-state index contributed by atoms with van der Waals surface area (Å²) < 4.78 is 16.4. The predicted octanol–water partition coefficient (Wildman–Crippen LogP) is 3.81. The number of hydrogen-bond donors (Lipinski definition) is 1. The maximum atomic E-state index is 12.6. The highest BCUT2D eigenvalue weighted by atomic mass is 35.5. The van der Waals surface area contributed by atoms with E-state index in [0.29, 0.717) is 22.9 Å². The zero-order chi connectivity index (χ0) is 18.7. The van der Waals surface area contributed by atoms with Crippen molar-refractivity contribution < 1.29 is 19.0 Å². The van der Waals surface area contributed by atoms with Crippen LogP contribution in [0.15, 0.2) is 30.5 Å². The van der Waals surface area contributed by atoms with Gasteiger partial charge in [0.15, 0.2) is 17.6 Å². The lowest BCUT2D eigenvalue weighted by Crippen LogP contribution is -2.39. The number of fused-ring (bicyclic) bond motifs is 1. The maximum absolute atomic E-state index is 12.6. The molecular formula is C19H21ClN2O4. The summed E-state index contributed by atoms with van der Waals surface area (Å²) in [4.78, 5) is 16.8. The summed E-state index contributed by atoms with van der Waals surface area (Å²) in [6, 6.07) is 7.15. The Kier molecular flexibility index (Phi) is 5.52. The molecule has 2 heterocycles. The summed E-state index contributed by atoms with van der Waals surface area (Å²) in [6.45, 7) is 5.88. The molecule has 2 unspecified atom stereocenters. The summed E-state index contributed by atoms with van der Waals surface area (Å²) in [5.74, 6) is 1.43. The van der Waals surface area contributed by atoms with Crippen LogP contribution in [0.25, 0.3) is 0 Å². The molecule has 0 saturated heterocycles. The van der Waals surface area contributed by atoms with Crippen LogP contribution >= 0.6 is 11.6 Å². The molecule has 0 saturated carbocycles. The number of carbonyl (C=O) groups is 1. The molecule has 0 spiro atoms. The van der Waals surface area contributed by atoms with Gasteiger partial charge in [-0.25, -0.2) is 4.98 Å². The Morgan fingerprint density at radius 2 is 2.12 bits per heavy atom. The molecule has 7 heteroatoms. The molecule has 0 bridgehead atoms. The van der Waals surface area contributed by atoms with Crippen molar-refractivity contribution >= 4 is 17.5 Å². The topological polar surface area (TPSA) is 69.7 Å². The number of ether oxygens (including phenoxy) is 3. The largest absolute Gasteiger partial charge is 0.463 e. The minimum Gasteiger partial charge on any atom is -0.463 e. The number of pyridine rings is 1. The molecule has 138 valence electrons. The minimum absolute atomic E-state index is 0.212. The van der Waals surface area contributed by atoms with Gasteiger partial charge >= 0.3 is 0 Å². The lowest BCUT2D eigenvalue weighted by atomic mass is 10.1. The summed E-state index contributed by atoms with van der Waals surface area (Å²) >= 11 is 6.15. The molecule has 6 nitrogen and oxygen atoms in total. The summed E-state index contributed by atoms with van der Waals surface area (Å²) in [7, 11) is 0. The van der Waals surface area contributed by atoms with Crippen molar-refractivity contribution in [1.82, 2.24) is 10.3 Å². The Morgan fingerprint density at radius 3 is 2.85 bits per heavy atom. The SMILES string of the molecule is CCC(Oc1ncc(C)cc1Cl)C(=O)NC(C)c1ccc2c(c1)OCO2. The van der Waals surface area contributed by atoms with Gasteiger partial charge in [-0.2, -0.15) is 0 Å². The number of amides is 1. The highest BCUT2D eigenvalue weighted by Gasteiger charge is 2.23. The van der Waals surface area contributed by atoms with Crippen molar-refractivity contribution in [3.8, 4) is 17.4 Å². The Labute approximate surface area is 157 Å². The van der Waals surface area contributed by atoms with Crippen LogP contribution in [-0.4, -0.2) is 23.8 Å². The second-order valence-corrected chi connectivity index (χ2v) is 6.56. The van der Waals surface area contributed by atoms with Gasteiger partial charge in [0.25, 0.3) is 5.91 Å². The summed E-state index contributed by atoms with van der Waals surface area (Å²) in [5, 5.41) is 3.35. The van der Waals surface area contributed by atoms with E-state index in [1.54, 1.807) is 12.3 Å². The number of halogens is 1. The first-order valence-corrected chi connectivity index (χ1v) is 8.84. The van der Waals surface area contributed by atoms with Gasteiger partial charge in [0, 0.05) is 6.20 Å². The Morgan fingerprint density at radius 1 is 1.35 bits per heavy atom. The standard InChI is InChI=1S/C19H21ClN2O4/c1-4-15(26-19-14(20)7-11(2)9-21-19)18(23)22-12(3)13-5-6-16-17(8-13)25-10-24-16/h5-9,12,15H,4,10H2,1-3H3,(H,22,23). The van der Waals surface area contributed by atoms with Crippen LogP contribution in [0.3, 0.4) is 0 Å². The molecular weight excluding hydrogens is 356 g/mol. The van der Waals surface area contributed by atoms with Gasteiger partial charge in [0.2, 0.25) is 12.7 Å². The number of nitrogens with zero attached hydrogens (tertiary/aromatic N) is 1. The summed E-state index contributed by atoms with van der Waals surface area (Å²) in [6.07, 6.45) is 1.46. The Bertz CT molecular complexity index is 812. The normalized spacial score (nSPS) is 14.6. The van der Waals surface area contributed by atoms with Crippen molar-refractivity contribution in [3.05, 3.63) is 46.6 Å². The monoisotopic (exact) mass is 376 g/mol. The van der Waals surface area contributed by atoms with Crippen LogP contribution in [0.4, 0.5) is 0 Å². The lowest BCUT2D eigenvalue weighted by molar-refractivity contribution is -0.128. The highest BCUT2D eigenvalue weighted by Crippen LogP contribution is 2.34. The van der Waals surface area contributed by atoms with Gasteiger partial charge in [0.05, 0.1) is 6.04 Å². The first-order chi connectivity index (χ1) is 12.5. The lowest BCUT2D eigenvalue weighted by Gasteiger charge is -2.21. The molecule has 1 N–H and O–H groups in total. The van der Waals surface area contributed by atoms with Crippen LogP contribution in [0, 0.1) is 6.92 Å². The predicted molar refractivity (Wildman–Crippen MR) is 97.8 cm³/mol. The quantitative estimate of drug-likeness (QED) is 0.830. The molecule has 2 atom stereocenters. The van der Waals surface area contributed by atoms with Gasteiger partial charge in [-0.05, 0) is 49.6 Å². The number of hydrogen-bond acceptors (Lipinski definition) is 5. The Hall–Kier alpha value is -2.47. The molecule has 3 rings (SSSR count). The fourth-order valence-electron chi connectivity index (χ4n) is 2.64. The van der Waals surface area contributed by atoms with Crippen LogP contribution in [-0.2, 0) is 4.79 Å². The second-order valence-electron chi connectivity index (χ2n) is 6.16. The molecule has 26 heavy (non-hydrogen) atoms. The van der Waals surface area contributed by atoms with E-state index in [4.69, 9.17) is 25.8 Å². The van der Waals surface area contributed by atoms with Gasteiger partial charge < -0.3 is 19.5 Å². The average molecular weight is 377 g/mol. The third-order valence-electron chi connectivity index (χ3n) is 4.12. The van der Waals surface area contributed by atoms with E-state index >= 15 is 0 Å². The first-order valence-electron chi connectivity index (χ1n) is 8.46. The van der Waals surface area contributed by atoms with Crippen molar-refractivity contribution in [2.45, 2.75) is 39.3 Å². The molecule has 1 aromatic carbocycles. The molecule has 0 aliphatic carbocycles. The molecule has 1 aliphatic rings.